The number of aryl methyl sites for hydroxylation is 1. The summed E-state index contributed by atoms with van der Waals surface area (Å²) in [6, 6.07) is 0. The van der Waals surface area contributed by atoms with Crippen LogP contribution in [0.5, 0.6) is 0 Å². The van der Waals surface area contributed by atoms with E-state index < -0.39 is 5.91 Å². The highest BCUT2D eigenvalue weighted by molar-refractivity contribution is 9.10. The van der Waals surface area contributed by atoms with Crippen LogP contribution < -0.4 is 5.32 Å². The van der Waals surface area contributed by atoms with Crippen LogP contribution in [0, 0.1) is 6.92 Å². The molecule has 0 saturated heterocycles. The van der Waals surface area contributed by atoms with Crippen molar-refractivity contribution in [3.05, 3.63) is 34.8 Å². The Kier molecular flexibility index (Phi) is 2.95. The first-order valence-electron chi connectivity index (χ1n) is 4.36. The standard InChI is InChI=1S/C9H7BrN4O2/c1-5-8(16-4-13-5)9(15)14-7-3-11-6(10)2-12-7/h2-4H,1H3,(H,12,14,15). The molecule has 2 heterocycles. The summed E-state index contributed by atoms with van der Waals surface area (Å²) in [5.41, 5.74) is 0.530. The van der Waals surface area contributed by atoms with Gasteiger partial charge in [0.2, 0.25) is 5.76 Å². The van der Waals surface area contributed by atoms with Gasteiger partial charge in [-0.05, 0) is 22.9 Å². The zero-order valence-corrected chi connectivity index (χ0v) is 9.85. The maximum atomic E-state index is 11.7. The largest absolute Gasteiger partial charge is 0.438 e. The summed E-state index contributed by atoms with van der Waals surface area (Å²) in [7, 11) is 0. The summed E-state index contributed by atoms with van der Waals surface area (Å²) < 4.78 is 5.54. The number of anilines is 1. The number of nitrogens with zero attached hydrogens (tertiary/aromatic N) is 3. The van der Waals surface area contributed by atoms with Crippen molar-refractivity contribution in [3.63, 3.8) is 0 Å². The van der Waals surface area contributed by atoms with Gasteiger partial charge in [-0.15, -0.1) is 0 Å². The molecule has 2 rings (SSSR count). The van der Waals surface area contributed by atoms with Gasteiger partial charge in [0.15, 0.2) is 12.2 Å². The lowest BCUT2D eigenvalue weighted by Gasteiger charge is -2.01. The van der Waals surface area contributed by atoms with Crippen molar-refractivity contribution in [2.24, 2.45) is 0 Å². The summed E-state index contributed by atoms with van der Waals surface area (Å²) in [5.74, 6) is 0.125. The normalized spacial score (nSPS) is 10.1. The smallest absolute Gasteiger partial charge is 0.294 e. The number of halogens is 1. The third-order valence-corrected chi connectivity index (χ3v) is 2.22. The topological polar surface area (TPSA) is 80.9 Å². The maximum Gasteiger partial charge on any atom is 0.294 e. The minimum atomic E-state index is -0.397. The Balaban J connectivity index is 2.14. The molecule has 1 amide bonds. The van der Waals surface area contributed by atoms with E-state index in [9.17, 15) is 4.79 Å². The van der Waals surface area contributed by atoms with E-state index in [-0.39, 0.29) is 5.76 Å². The Morgan fingerprint density at radius 3 is 2.75 bits per heavy atom. The minimum absolute atomic E-state index is 0.171. The Morgan fingerprint density at radius 2 is 2.19 bits per heavy atom. The molecule has 0 atom stereocenters. The lowest BCUT2D eigenvalue weighted by Crippen LogP contribution is -2.13. The lowest BCUT2D eigenvalue weighted by molar-refractivity contribution is 0.0995. The molecule has 0 fully saturated rings. The fourth-order valence-corrected chi connectivity index (χ4v) is 1.27. The average Bonchev–Trinajstić information content (AvgIpc) is 2.68. The van der Waals surface area contributed by atoms with Gasteiger partial charge in [-0.3, -0.25) is 4.79 Å². The van der Waals surface area contributed by atoms with Crippen LogP contribution in [0.15, 0.2) is 27.8 Å². The second-order valence-electron chi connectivity index (χ2n) is 2.95. The maximum absolute atomic E-state index is 11.7. The first-order chi connectivity index (χ1) is 7.66. The summed E-state index contributed by atoms with van der Waals surface area (Å²) >= 11 is 3.15. The molecule has 0 unspecified atom stereocenters. The van der Waals surface area contributed by atoms with Gasteiger partial charge >= 0.3 is 0 Å². The average molecular weight is 283 g/mol. The molecule has 16 heavy (non-hydrogen) atoms. The predicted molar refractivity (Wildman–Crippen MR) is 58.9 cm³/mol. The second-order valence-corrected chi connectivity index (χ2v) is 3.76. The van der Waals surface area contributed by atoms with E-state index in [0.29, 0.717) is 16.1 Å². The molecular formula is C9H7BrN4O2. The quantitative estimate of drug-likeness (QED) is 0.908. The molecule has 2 aromatic heterocycles. The molecule has 82 valence electrons. The Bertz CT molecular complexity index is 508. The first-order valence-corrected chi connectivity index (χ1v) is 5.15. The van der Waals surface area contributed by atoms with E-state index in [1.54, 1.807) is 6.92 Å². The van der Waals surface area contributed by atoms with Gasteiger partial charge in [0.25, 0.3) is 5.91 Å². The molecule has 0 saturated carbocycles. The lowest BCUT2D eigenvalue weighted by atomic mass is 10.3. The molecule has 0 aliphatic heterocycles. The molecule has 7 heteroatoms. The van der Waals surface area contributed by atoms with Gasteiger partial charge in [0.1, 0.15) is 4.60 Å². The van der Waals surface area contributed by atoms with Crippen LogP contribution in [0.1, 0.15) is 16.2 Å². The Labute approximate surface area is 99.3 Å². The monoisotopic (exact) mass is 282 g/mol. The molecule has 0 aromatic carbocycles. The van der Waals surface area contributed by atoms with Crippen LogP contribution >= 0.6 is 15.9 Å². The van der Waals surface area contributed by atoms with Gasteiger partial charge in [0.05, 0.1) is 18.1 Å². The van der Waals surface area contributed by atoms with Crippen LogP contribution in [0.25, 0.3) is 0 Å². The van der Waals surface area contributed by atoms with E-state index in [2.05, 4.69) is 36.2 Å². The van der Waals surface area contributed by atoms with E-state index >= 15 is 0 Å². The zero-order valence-electron chi connectivity index (χ0n) is 8.27. The molecule has 0 radical (unpaired) electrons. The van der Waals surface area contributed by atoms with Crippen LogP contribution in [-0.4, -0.2) is 20.9 Å². The minimum Gasteiger partial charge on any atom is -0.438 e. The highest BCUT2D eigenvalue weighted by atomic mass is 79.9. The van der Waals surface area contributed by atoms with E-state index in [0.717, 1.165) is 0 Å². The van der Waals surface area contributed by atoms with Gasteiger partial charge in [-0.25, -0.2) is 15.0 Å². The van der Waals surface area contributed by atoms with E-state index in [1.165, 1.54) is 18.8 Å². The van der Waals surface area contributed by atoms with Crippen molar-refractivity contribution in [1.82, 2.24) is 15.0 Å². The van der Waals surface area contributed by atoms with Crippen LogP contribution in [0.4, 0.5) is 5.82 Å². The van der Waals surface area contributed by atoms with Gasteiger partial charge in [-0.2, -0.15) is 0 Å². The molecule has 0 bridgehead atoms. The van der Waals surface area contributed by atoms with Crippen LogP contribution in [0.2, 0.25) is 0 Å². The number of hydrogen-bond donors (Lipinski definition) is 1. The van der Waals surface area contributed by atoms with Gasteiger partial charge in [0, 0.05) is 0 Å². The third kappa shape index (κ3) is 2.25. The third-order valence-electron chi connectivity index (χ3n) is 1.81. The van der Waals surface area contributed by atoms with Crippen molar-refractivity contribution in [3.8, 4) is 0 Å². The van der Waals surface area contributed by atoms with Crippen molar-refractivity contribution in [2.75, 3.05) is 5.32 Å². The van der Waals surface area contributed by atoms with E-state index in [4.69, 9.17) is 4.42 Å². The highest BCUT2D eigenvalue weighted by Crippen LogP contribution is 2.10. The second kappa shape index (κ2) is 4.40. The molecule has 6 nitrogen and oxygen atoms in total. The molecule has 0 spiro atoms. The number of hydrogen-bond acceptors (Lipinski definition) is 5. The number of carbonyl (C=O) groups excluding carboxylic acids is 1. The molecule has 1 N–H and O–H groups in total. The van der Waals surface area contributed by atoms with Crippen LogP contribution in [0.3, 0.4) is 0 Å². The van der Waals surface area contributed by atoms with Crippen molar-refractivity contribution >= 4 is 27.7 Å². The Morgan fingerprint density at radius 1 is 1.38 bits per heavy atom. The van der Waals surface area contributed by atoms with E-state index in [1.807, 2.05) is 0 Å². The highest BCUT2D eigenvalue weighted by Gasteiger charge is 2.14. The summed E-state index contributed by atoms with van der Waals surface area (Å²) in [6.07, 6.45) is 4.15. The molecular weight excluding hydrogens is 276 g/mol. The number of aromatic nitrogens is 3. The SMILES string of the molecule is Cc1ncoc1C(=O)Nc1cnc(Br)cn1. The summed E-state index contributed by atoms with van der Waals surface area (Å²) in [5, 5.41) is 2.55. The molecule has 2 aromatic rings. The molecule has 0 aliphatic rings. The number of oxazole rings is 1. The number of amides is 1. The predicted octanol–water partition coefficient (Wildman–Crippen LogP) is 1.79. The number of nitrogens with one attached hydrogen (secondary N) is 1. The fourth-order valence-electron chi connectivity index (χ4n) is 1.07. The number of carbonyl (C=O) groups is 1. The van der Waals surface area contributed by atoms with Crippen molar-refractivity contribution in [2.45, 2.75) is 6.92 Å². The fraction of sp³-hybridized carbons (Fsp3) is 0.111. The molecule has 0 aliphatic carbocycles. The van der Waals surface area contributed by atoms with Crippen molar-refractivity contribution < 1.29 is 9.21 Å². The first kappa shape index (κ1) is 10.7. The zero-order chi connectivity index (χ0) is 11.5. The summed E-state index contributed by atoms with van der Waals surface area (Å²) in [4.78, 5) is 23.4. The van der Waals surface area contributed by atoms with Gasteiger partial charge < -0.3 is 9.73 Å². The van der Waals surface area contributed by atoms with Crippen LogP contribution in [-0.2, 0) is 0 Å². The van der Waals surface area contributed by atoms with Gasteiger partial charge in [-0.1, -0.05) is 0 Å². The number of rotatable bonds is 2. The summed E-state index contributed by atoms with van der Waals surface area (Å²) in [6.45, 7) is 1.69. The van der Waals surface area contributed by atoms with Crippen molar-refractivity contribution in [1.29, 1.82) is 0 Å². The Hall–Kier alpha value is -1.76.